The number of aromatic nitrogens is 6. The maximum Gasteiger partial charge on any atom is 0.226 e. The molecule has 52 heavy (non-hydrogen) atoms. The Balaban J connectivity index is 1.16. The Kier molecular flexibility index (Phi) is 10.6. The van der Waals surface area contributed by atoms with Gasteiger partial charge in [0, 0.05) is 37.7 Å². The summed E-state index contributed by atoms with van der Waals surface area (Å²) in [4.78, 5) is 32.0. The van der Waals surface area contributed by atoms with Gasteiger partial charge in [0.1, 0.15) is 12.2 Å². The molecule has 7 rings (SSSR count). The van der Waals surface area contributed by atoms with Crippen LogP contribution in [-0.2, 0) is 17.6 Å². The molecule has 0 spiro atoms. The molecule has 268 valence electrons. The van der Waals surface area contributed by atoms with Crippen molar-refractivity contribution in [3.8, 4) is 0 Å². The average Bonchev–Trinajstić information content (AvgIpc) is 3.88. The number of fused-ring (bicyclic) bond motifs is 1. The van der Waals surface area contributed by atoms with Crippen LogP contribution in [0.25, 0.3) is 11.2 Å². The SMILES string of the molecule is CC(C)n1cnc(CCNc2nc(NCC(c3ccccc3)c3ccccc3)c3ncn([C@@H]4C[C@H](NC(=O)Cc5ccccc5)[C@@H](O)[C@H]4O)c3n2)c1. The Hall–Kier alpha value is -5.59. The summed E-state index contributed by atoms with van der Waals surface area (Å²) in [6, 6.07) is 29.2. The lowest BCUT2D eigenvalue weighted by atomic mass is 9.91. The van der Waals surface area contributed by atoms with Crippen LogP contribution in [0.2, 0.25) is 0 Å². The van der Waals surface area contributed by atoms with Gasteiger partial charge in [-0.3, -0.25) is 4.79 Å². The molecular weight excluding hydrogens is 655 g/mol. The van der Waals surface area contributed by atoms with E-state index >= 15 is 0 Å². The predicted octanol–water partition coefficient (Wildman–Crippen LogP) is 4.90. The molecule has 1 amide bonds. The number of anilines is 2. The molecule has 0 aliphatic heterocycles. The van der Waals surface area contributed by atoms with Crippen LogP contribution in [-0.4, -0.2) is 76.5 Å². The summed E-state index contributed by atoms with van der Waals surface area (Å²) in [6.07, 6.45) is 4.36. The van der Waals surface area contributed by atoms with Gasteiger partial charge < -0.3 is 35.3 Å². The van der Waals surface area contributed by atoms with E-state index in [-0.39, 0.29) is 18.2 Å². The summed E-state index contributed by atoms with van der Waals surface area (Å²) in [6.45, 7) is 5.32. The van der Waals surface area contributed by atoms with E-state index in [0.717, 1.165) is 11.3 Å². The standard InChI is InChI=1S/C40H45N9O3/c1-26(2)48-23-30(43-24-48)18-19-41-40-46-38(42-22-31(28-14-8-4-9-15-28)29-16-10-5-11-17-29)35-39(47-40)49(25-44-35)33-21-32(36(51)37(33)52)45-34(50)20-27-12-6-3-7-13-27/h3-17,23-26,31-33,36-37,51-52H,18-22H2,1-2H3,(H,45,50)(H2,41,42,46,47)/t32-,33+,36+,37-/m0/s1. The van der Waals surface area contributed by atoms with Gasteiger partial charge in [0.05, 0.1) is 36.9 Å². The molecule has 1 aliphatic carbocycles. The molecule has 4 atom stereocenters. The summed E-state index contributed by atoms with van der Waals surface area (Å²) >= 11 is 0. The van der Waals surface area contributed by atoms with Crippen molar-refractivity contribution in [3.05, 3.63) is 132 Å². The van der Waals surface area contributed by atoms with Gasteiger partial charge in [0.25, 0.3) is 0 Å². The molecule has 5 N–H and O–H groups in total. The number of benzene rings is 3. The van der Waals surface area contributed by atoms with Crippen molar-refractivity contribution in [2.24, 2.45) is 0 Å². The number of hydrogen-bond donors (Lipinski definition) is 5. The zero-order chi connectivity index (χ0) is 36.0. The quantitative estimate of drug-likeness (QED) is 0.107. The molecule has 0 unspecified atom stereocenters. The van der Waals surface area contributed by atoms with E-state index in [0.29, 0.717) is 54.9 Å². The first-order chi connectivity index (χ1) is 25.3. The second-order valence-electron chi connectivity index (χ2n) is 13.7. The van der Waals surface area contributed by atoms with E-state index in [1.54, 1.807) is 10.9 Å². The third kappa shape index (κ3) is 7.83. The van der Waals surface area contributed by atoms with Crippen LogP contribution in [0.1, 0.15) is 60.7 Å². The van der Waals surface area contributed by atoms with Crippen LogP contribution in [0, 0.1) is 0 Å². The summed E-state index contributed by atoms with van der Waals surface area (Å²) < 4.78 is 3.87. The number of aliphatic hydroxyl groups excluding tert-OH is 2. The molecule has 6 aromatic rings. The van der Waals surface area contributed by atoms with Crippen molar-refractivity contribution >= 4 is 28.8 Å². The Morgan fingerprint density at radius 2 is 1.52 bits per heavy atom. The maximum absolute atomic E-state index is 12.9. The Morgan fingerprint density at radius 3 is 2.17 bits per heavy atom. The predicted molar refractivity (Wildman–Crippen MR) is 201 cm³/mol. The number of amides is 1. The lowest BCUT2D eigenvalue weighted by Crippen LogP contribution is -2.43. The summed E-state index contributed by atoms with van der Waals surface area (Å²) in [5.41, 5.74) is 5.21. The number of carbonyl (C=O) groups excluding carboxylic acids is 1. The Bertz CT molecular complexity index is 2030. The van der Waals surface area contributed by atoms with Crippen molar-refractivity contribution in [1.82, 2.24) is 34.4 Å². The van der Waals surface area contributed by atoms with Gasteiger partial charge in [0.2, 0.25) is 11.9 Å². The van der Waals surface area contributed by atoms with Crippen molar-refractivity contribution in [2.45, 2.75) is 69.4 Å². The fraction of sp³-hybridized carbons (Fsp3) is 0.325. The van der Waals surface area contributed by atoms with Crippen LogP contribution >= 0.6 is 0 Å². The number of carbonyl (C=O) groups is 1. The fourth-order valence-corrected chi connectivity index (χ4v) is 6.92. The second kappa shape index (κ2) is 15.7. The van der Waals surface area contributed by atoms with Crippen LogP contribution in [0.4, 0.5) is 11.8 Å². The number of hydrogen-bond acceptors (Lipinski definition) is 9. The van der Waals surface area contributed by atoms with Gasteiger partial charge in [-0.2, -0.15) is 9.97 Å². The van der Waals surface area contributed by atoms with Gasteiger partial charge in [-0.15, -0.1) is 0 Å². The van der Waals surface area contributed by atoms with Gasteiger partial charge in [-0.25, -0.2) is 9.97 Å². The van der Waals surface area contributed by atoms with E-state index < -0.39 is 24.3 Å². The molecule has 1 saturated carbocycles. The van der Waals surface area contributed by atoms with Crippen LogP contribution in [0.3, 0.4) is 0 Å². The molecule has 0 saturated heterocycles. The van der Waals surface area contributed by atoms with E-state index in [4.69, 9.17) is 15.0 Å². The van der Waals surface area contributed by atoms with E-state index in [1.807, 2.05) is 79.3 Å². The van der Waals surface area contributed by atoms with Crippen molar-refractivity contribution in [1.29, 1.82) is 0 Å². The van der Waals surface area contributed by atoms with E-state index in [2.05, 4.69) is 63.6 Å². The van der Waals surface area contributed by atoms with Gasteiger partial charge in [-0.1, -0.05) is 91.0 Å². The first-order valence-corrected chi connectivity index (χ1v) is 17.9. The lowest BCUT2D eigenvalue weighted by Gasteiger charge is -2.20. The Morgan fingerprint density at radius 1 is 0.846 bits per heavy atom. The normalized spacial score (nSPS) is 18.7. The zero-order valence-corrected chi connectivity index (χ0v) is 29.4. The van der Waals surface area contributed by atoms with Gasteiger partial charge in [-0.05, 0) is 37.0 Å². The van der Waals surface area contributed by atoms with Crippen molar-refractivity contribution < 1.29 is 15.0 Å². The molecule has 3 heterocycles. The van der Waals surface area contributed by atoms with Crippen molar-refractivity contribution in [3.63, 3.8) is 0 Å². The van der Waals surface area contributed by atoms with Crippen molar-refractivity contribution in [2.75, 3.05) is 23.7 Å². The minimum absolute atomic E-state index is 0.0361. The summed E-state index contributed by atoms with van der Waals surface area (Å²) in [5.74, 6) is 0.766. The van der Waals surface area contributed by atoms with Gasteiger partial charge >= 0.3 is 0 Å². The average molecular weight is 700 g/mol. The molecule has 0 radical (unpaired) electrons. The molecule has 12 nitrogen and oxygen atoms in total. The first-order valence-electron chi connectivity index (χ1n) is 17.9. The van der Waals surface area contributed by atoms with Crippen LogP contribution in [0.15, 0.2) is 110 Å². The third-order valence-corrected chi connectivity index (χ3v) is 9.78. The first kappa shape index (κ1) is 34.8. The number of nitrogens with one attached hydrogen (secondary N) is 3. The van der Waals surface area contributed by atoms with Gasteiger partial charge in [0.15, 0.2) is 17.0 Å². The molecule has 3 aromatic carbocycles. The van der Waals surface area contributed by atoms with E-state index in [9.17, 15) is 15.0 Å². The maximum atomic E-state index is 12.9. The molecule has 3 aromatic heterocycles. The highest BCUT2D eigenvalue weighted by Crippen LogP contribution is 2.35. The Labute approximate surface area is 303 Å². The number of nitrogens with zero attached hydrogens (tertiary/aromatic N) is 6. The summed E-state index contributed by atoms with van der Waals surface area (Å²) in [5, 5.41) is 32.3. The molecule has 0 bridgehead atoms. The second-order valence-corrected chi connectivity index (χ2v) is 13.7. The van der Waals surface area contributed by atoms with Crippen LogP contribution < -0.4 is 16.0 Å². The minimum Gasteiger partial charge on any atom is -0.388 e. The fourth-order valence-electron chi connectivity index (χ4n) is 6.92. The van der Waals surface area contributed by atoms with Crippen LogP contribution in [0.5, 0.6) is 0 Å². The lowest BCUT2D eigenvalue weighted by molar-refractivity contribution is -0.122. The molecule has 1 aliphatic rings. The smallest absolute Gasteiger partial charge is 0.226 e. The third-order valence-electron chi connectivity index (χ3n) is 9.78. The monoisotopic (exact) mass is 699 g/mol. The number of imidazole rings is 2. The highest BCUT2D eigenvalue weighted by Gasteiger charge is 2.44. The highest BCUT2D eigenvalue weighted by molar-refractivity contribution is 5.84. The highest BCUT2D eigenvalue weighted by atomic mass is 16.3. The molecule has 12 heteroatoms. The number of aliphatic hydroxyl groups is 2. The minimum atomic E-state index is -1.16. The largest absolute Gasteiger partial charge is 0.388 e. The number of rotatable bonds is 14. The zero-order valence-electron chi connectivity index (χ0n) is 29.4. The van der Waals surface area contributed by atoms with E-state index in [1.165, 1.54) is 11.1 Å². The topological polar surface area (TPSA) is 155 Å². The molecule has 1 fully saturated rings. The molecular formula is C40H45N9O3. The summed E-state index contributed by atoms with van der Waals surface area (Å²) in [7, 11) is 0.